The molecule has 0 aromatic carbocycles. The third kappa shape index (κ3) is 2.25. The SMILES string of the molecule is c1csc(-c2nc3c(s2)-c2sc(-c4cccs4)nc2[C@]2(NCCO2)C32OCCO2)c1. The number of thiophene rings is 2. The predicted octanol–water partition coefficient (Wildman–Crippen LogP) is 4.71. The first-order valence-electron chi connectivity index (χ1n) is 9.58. The van der Waals surface area contributed by atoms with Crippen molar-refractivity contribution in [3.05, 3.63) is 46.4 Å². The normalized spacial score (nSPS) is 24.0. The molecule has 6 nitrogen and oxygen atoms in total. The van der Waals surface area contributed by atoms with Gasteiger partial charge in [0.15, 0.2) is 0 Å². The van der Waals surface area contributed by atoms with E-state index in [1.807, 2.05) is 0 Å². The summed E-state index contributed by atoms with van der Waals surface area (Å²) in [5.74, 6) is -1.13. The number of hydrogen-bond donors (Lipinski definition) is 1. The summed E-state index contributed by atoms with van der Waals surface area (Å²) < 4.78 is 19.1. The molecular weight excluding hydrogens is 459 g/mol. The Morgan fingerprint density at radius 3 is 2.00 bits per heavy atom. The molecule has 2 aliphatic heterocycles. The van der Waals surface area contributed by atoms with E-state index >= 15 is 0 Å². The maximum absolute atomic E-state index is 6.39. The van der Waals surface area contributed by atoms with Gasteiger partial charge in [-0.3, -0.25) is 5.32 Å². The van der Waals surface area contributed by atoms with Gasteiger partial charge in [-0.25, -0.2) is 9.97 Å². The zero-order valence-corrected chi connectivity index (χ0v) is 18.8. The maximum atomic E-state index is 6.39. The highest BCUT2D eigenvalue weighted by Crippen LogP contribution is 2.60. The highest BCUT2D eigenvalue weighted by molar-refractivity contribution is 7.28. The fraction of sp³-hybridized carbons (Fsp3) is 0.300. The minimum absolute atomic E-state index is 0.495. The van der Waals surface area contributed by atoms with Crippen LogP contribution in [0.15, 0.2) is 35.0 Å². The molecule has 0 amide bonds. The van der Waals surface area contributed by atoms with Crippen molar-refractivity contribution in [2.24, 2.45) is 0 Å². The number of aromatic nitrogens is 2. The average molecular weight is 474 g/mol. The van der Waals surface area contributed by atoms with Crippen molar-refractivity contribution in [2.45, 2.75) is 11.5 Å². The van der Waals surface area contributed by atoms with Crippen LogP contribution < -0.4 is 5.32 Å². The highest BCUT2D eigenvalue weighted by atomic mass is 32.1. The molecule has 1 atom stereocenters. The molecule has 0 unspecified atom stereocenters. The number of hydrogen-bond acceptors (Lipinski definition) is 10. The molecule has 0 radical (unpaired) electrons. The van der Waals surface area contributed by atoms with E-state index in [1.54, 1.807) is 45.3 Å². The fourth-order valence-corrected chi connectivity index (χ4v) is 8.28. The molecule has 152 valence electrons. The largest absolute Gasteiger partial charge is 0.348 e. The molecule has 2 saturated heterocycles. The van der Waals surface area contributed by atoms with E-state index in [-0.39, 0.29) is 0 Å². The van der Waals surface area contributed by atoms with Gasteiger partial charge in [-0.15, -0.1) is 45.3 Å². The van der Waals surface area contributed by atoms with E-state index in [4.69, 9.17) is 24.2 Å². The predicted molar refractivity (Wildman–Crippen MR) is 119 cm³/mol. The summed E-state index contributed by atoms with van der Waals surface area (Å²) in [5, 5.41) is 9.66. The number of nitrogens with zero attached hydrogens (tertiary/aromatic N) is 2. The van der Waals surface area contributed by atoms with E-state index in [0.717, 1.165) is 40.9 Å². The van der Waals surface area contributed by atoms with Crippen molar-refractivity contribution in [3.8, 4) is 29.5 Å². The van der Waals surface area contributed by atoms with Gasteiger partial charge in [-0.2, -0.15) is 0 Å². The first-order chi connectivity index (χ1) is 14.8. The van der Waals surface area contributed by atoms with Gasteiger partial charge in [-0.05, 0) is 22.9 Å². The molecule has 0 bridgehead atoms. The highest BCUT2D eigenvalue weighted by Gasteiger charge is 2.68. The Labute approximate surface area is 188 Å². The van der Waals surface area contributed by atoms with E-state index in [2.05, 4.69) is 40.3 Å². The van der Waals surface area contributed by atoms with Crippen LogP contribution in [0.4, 0.5) is 0 Å². The van der Waals surface area contributed by atoms with Gasteiger partial charge < -0.3 is 14.2 Å². The number of thiazole rings is 2. The van der Waals surface area contributed by atoms with E-state index in [9.17, 15) is 0 Å². The third-order valence-corrected chi connectivity index (χ3v) is 9.87. The summed E-state index contributed by atoms with van der Waals surface area (Å²) in [6.07, 6.45) is 0. The first kappa shape index (κ1) is 18.1. The lowest BCUT2D eigenvalue weighted by Gasteiger charge is -2.44. The monoisotopic (exact) mass is 473 g/mol. The molecule has 10 heteroatoms. The quantitative estimate of drug-likeness (QED) is 0.455. The molecule has 2 spiro atoms. The number of nitrogens with one attached hydrogen (secondary N) is 1. The minimum Gasteiger partial charge on any atom is -0.348 e. The molecule has 30 heavy (non-hydrogen) atoms. The lowest BCUT2D eigenvalue weighted by Crippen LogP contribution is -2.59. The van der Waals surface area contributed by atoms with Crippen molar-refractivity contribution < 1.29 is 14.2 Å². The zero-order chi connectivity index (χ0) is 19.8. The van der Waals surface area contributed by atoms with Crippen LogP contribution in [0.5, 0.6) is 0 Å². The molecule has 4 aromatic rings. The minimum atomic E-state index is -1.13. The standard InChI is InChI=1S/C20H15N3O3S4/c1-3-11(27-9-1)17-22-15-13(29-17)14-16(23-18(30-14)12-4-2-10-28-12)20(25-7-8-26-20)19(15)21-5-6-24-19/h1-4,9-10,21H,5-8H2/t19-/m1/s1. The molecular formula is C20H15N3O3S4. The van der Waals surface area contributed by atoms with Crippen molar-refractivity contribution in [1.82, 2.24) is 15.3 Å². The molecule has 2 fully saturated rings. The van der Waals surface area contributed by atoms with E-state index in [1.165, 1.54) is 0 Å². The second kappa shape index (κ2) is 6.50. The summed E-state index contributed by atoms with van der Waals surface area (Å²) in [6, 6.07) is 8.31. The Kier molecular flexibility index (Phi) is 3.92. The number of ether oxygens (including phenoxy) is 3. The summed E-state index contributed by atoms with van der Waals surface area (Å²) in [5.41, 5.74) is 0.666. The van der Waals surface area contributed by atoms with Gasteiger partial charge >= 0.3 is 0 Å². The number of rotatable bonds is 2. The van der Waals surface area contributed by atoms with Gasteiger partial charge in [0, 0.05) is 6.54 Å². The van der Waals surface area contributed by atoms with Gasteiger partial charge in [0.1, 0.15) is 21.4 Å². The summed E-state index contributed by atoms with van der Waals surface area (Å²) in [7, 11) is 0. The summed E-state index contributed by atoms with van der Waals surface area (Å²) >= 11 is 6.75. The van der Waals surface area contributed by atoms with Crippen molar-refractivity contribution in [1.29, 1.82) is 0 Å². The topological polar surface area (TPSA) is 65.5 Å². The molecule has 4 aromatic heterocycles. The third-order valence-electron chi connectivity index (χ3n) is 5.52. The van der Waals surface area contributed by atoms with Gasteiger partial charge in [-0.1, -0.05) is 12.1 Å². The second-order valence-corrected chi connectivity index (χ2v) is 11.0. The van der Waals surface area contributed by atoms with Crippen LogP contribution >= 0.6 is 45.3 Å². The molecule has 3 aliphatic rings. The summed E-state index contributed by atoms with van der Waals surface area (Å²) in [6.45, 7) is 2.26. The Bertz CT molecular complexity index is 1120. The van der Waals surface area contributed by atoms with Crippen LogP contribution in [0.2, 0.25) is 0 Å². The molecule has 1 N–H and O–H groups in total. The molecule has 1 aliphatic carbocycles. The van der Waals surface area contributed by atoms with Crippen molar-refractivity contribution in [3.63, 3.8) is 0 Å². The Morgan fingerprint density at radius 2 is 1.43 bits per heavy atom. The molecule has 0 saturated carbocycles. The maximum Gasteiger partial charge on any atom is 0.264 e. The first-order valence-corrected chi connectivity index (χ1v) is 13.0. The smallest absolute Gasteiger partial charge is 0.264 e. The van der Waals surface area contributed by atoms with Gasteiger partial charge in [0.25, 0.3) is 5.79 Å². The van der Waals surface area contributed by atoms with Gasteiger partial charge in [0.05, 0.1) is 39.3 Å². The van der Waals surface area contributed by atoms with Crippen LogP contribution in [0.1, 0.15) is 11.4 Å². The van der Waals surface area contributed by atoms with Crippen molar-refractivity contribution in [2.75, 3.05) is 26.4 Å². The Balaban J connectivity index is 1.53. The Morgan fingerprint density at radius 1 is 0.800 bits per heavy atom. The van der Waals surface area contributed by atoms with E-state index in [0.29, 0.717) is 26.4 Å². The molecule has 6 heterocycles. The van der Waals surface area contributed by atoms with Gasteiger partial charge in [0.2, 0.25) is 5.72 Å². The van der Waals surface area contributed by atoms with E-state index < -0.39 is 11.5 Å². The van der Waals surface area contributed by atoms with Crippen LogP contribution in [0, 0.1) is 0 Å². The zero-order valence-electron chi connectivity index (χ0n) is 15.5. The van der Waals surface area contributed by atoms with Crippen molar-refractivity contribution >= 4 is 45.3 Å². The van der Waals surface area contributed by atoms with Crippen LogP contribution in [-0.2, 0) is 25.7 Å². The summed E-state index contributed by atoms with van der Waals surface area (Å²) in [4.78, 5) is 14.6. The van der Waals surface area contributed by atoms with Crippen LogP contribution in [0.3, 0.4) is 0 Å². The van der Waals surface area contributed by atoms with Crippen LogP contribution in [0.25, 0.3) is 29.5 Å². The fourth-order valence-electron chi connectivity index (χ4n) is 4.34. The second-order valence-electron chi connectivity index (χ2n) is 7.12. The lowest BCUT2D eigenvalue weighted by atomic mass is 9.88. The van der Waals surface area contributed by atoms with Crippen LogP contribution in [-0.4, -0.2) is 36.3 Å². The molecule has 7 rings (SSSR count). The lowest BCUT2D eigenvalue weighted by molar-refractivity contribution is -0.299. The average Bonchev–Trinajstić information content (AvgIpc) is 3.59. The Hall–Kier alpha value is -1.50. The number of fused-ring (bicyclic) bond motifs is 6.